The quantitative estimate of drug-likeness (QED) is 0.0314. The molecule has 10 rings (SSSR count). The number of nitrogen functional groups attached to an aromatic ring is 1. The van der Waals surface area contributed by atoms with Gasteiger partial charge in [0.05, 0.1) is 90.2 Å². The summed E-state index contributed by atoms with van der Waals surface area (Å²) >= 11 is 12.8. The lowest BCUT2D eigenvalue weighted by atomic mass is 10.1. The van der Waals surface area contributed by atoms with Gasteiger partial charge in [0, 0.05) is 72.8 Å². The molecule has 0 bridgehead atoms. The van der Waals surface area contributed by atoms with Crippen molar-refractivity contribution in [3.63, 3.8) is 0 Å². The van der Waals surface area contributed by atoms with E-state index in [0.717, 1.165) is 57.5 Å². The zero-order chi connectivity index (χ0) is 50.8. The number of rotatable bonds is 13. The molecule has 0 amide bonds. The van der Waals surface area contributed by atoms with Crippen molar-refractivity contribution in [1.29, 1.82) is 0 Å². The summed E-state index contributed by atoms with van der Waals surface area (Å²) in [7, 11) is 0. The van der Waals surface area contributed by atoms with Crippen molar-refractivity contribution in [2.45, 2.75) is 0 Å². The number of nitrogens with two attached hydrogens (primary N) is 1. The number of aldehydes is 1. The van der Waals surface area contributed by atoms with Crippen molar-refractivity contribution in [3.05, 3.63) is 167 Å². The maximum absolute atomic E-state index is 14.2. The van der Waals surface area contributed by atoms with E-state index in [1.165, 1.54) is 6.21 Å². The molecule has 8 heterocycles. The van der Waals surface area contributed by atoms with Crippen LogP contribution in [0.5, 0.6) is 0 Å². The van der Waals surface area contributed by atoms with Gasteiger partial charge in [0.25, 0.3) is 0 Å². The fourth-order valence-corrected chi connectivity index (χ4v) is 7.67. The van der Waals surface area contributed by atoms with Gasteiger partial charge in [-0.15, -0.1) is 0 Å². The smallest absolute Gasteiger partial charge is 0.245 e. The highest BCUT2D eigenvalue weighted by atomic mass is 35.5. The predicted molar refractivity (Wildman–Crippen MR) is 279 cm³/mol. The zero-order valence-corrected chi connectivity index (χ0v) is 40.3. The number of hydrazine groups is 1. The maximum Gasteiger partial charge on any atom is 0.245 e. The molecule has 0 saturated carbocycles. The molecule has 6 aromatic heterocycles. The molecule has 6 N–H and O–H groups in total. The van der Waals surface area contributed by atoms with E-state index in [-0.39, 0.29) is 23.5 Å². The topological polar surface area (TPSA) is 232 Å². The molecule has 0 radical (unpaired) electrons. The van der Waals surface area contributed by atoms with E-state index in [2.05, 4.69) is 66.5 Å². The Bertz CT molecular complexity index is 3090. The Balaban J connectivity index is 0.000000162. The van der Waals surface area contributed by atoms with Crippen molar-refractivity contribution in [1.82, 2.24) is 39.9 Å². The molecule has 2 aliphatic rings. The summed E-state index contributed by atoms with van der Waals surface area (Å²) < 4.78 is 38.0. The van der Waals surface area contributed by atoms with Gasteiger partial charge in [0.15, 0.2) is 29.6 Å². The number of hydrazone groups is 1. The minimum atomic E-state index is -0.482. The van der Waals surface area contributed by atoms with Gasteiger partial charge in [0.2, 0.25) is 11.9 Å². The van der Waals surface area contributed by atoms with Crippen LogP contribution in [0.3, 0.4) is 0 Å². The van der Waals surface area contributed by atoms with Crippen LogP contribution in [0.1, 0.15) is 16.2 Å². The summed E-state index contributed by atoms with van der Waals surface area (Å²) in [4.78, 5) is 46.9. The van der Waals surface area contributed by atoms with Gasteiger partial charge in [-0.3, -0.25) is 30.2 Å². The molecule has 2 saturated heterocycles. The second-order valence-corrected chi connectivity index (χ2v) is 16.4. The Morgan fingerprint density at radius 1 is 0.603 bits per heavy atom. The summed E-state index contributed by atoms with van der Waals surface area (Å²) in [6.07, 6.45) is 13.0. The van der Waals surface area contributed by atoms with Crippen molar-refractivity contribution < 1.29 is 23.0 Å². The first-order valence-corrected chi connectivity index (χ1v) is 23.3. The van der Waals surface area contributed by atoms with Gasteiger partial charge in [0.1, 0.15) is 5.69 Å². The van der Waals surface area contributed by atoms with Crippen LogP contribution in [-0.2, 0) is 9.47 Å². The SMILES string of the molecule is Fc1cnc(N/N=C/c2ccc(Nc3ccc(-c4cccnc4)c(Cl)c3)cn2)nc1N1CCOCC1.NNc1ncc(F)c(N2CCOCC2)n1.O=Cc1ccc(Nc2ccc(-c3ccccn3)c(Cl)c2)cn1. The molecular weight excluding hydrogens is 982 g/mol. The number of nitrogens with zero attached hydrogens (tertiary/aromatic N) is 11. The summed E-state index contributed by atoms with van der Waals surface area (Å²) in [6.45, 7) is 4.61. The van der Waals surface area contributed by atoms with Crippen molar-refractivity contribution in [2.75, 3.05) is 83.9 Å². The molecule has 0 spiro atoms. The van der Waals surface area contributed by atoms with E-state index >= 15 is 0 Å². The second-order valence-electron chi connectivity index (χ2n) is 15.6. The molecule has 23 heteroatoms. The normalized spacial score (nSPS) is 13.2. The van der Waals surface area contributed by atoms with Crippen LogP contribution in [0.4, 0.5) is 55.1 Å². The van der Waals surface area contributed by atoms with Crippen molar-refractivity contribution >= 4 is 82.0 Å². The van der Waals surface area contributed by atoms with Gasteiger partial charge < -0.3 is 29.9 Å². The van der Waals surface area contributed by atoms with E-state index in [1.807, 2.05) is 83.8 Å². The number of pyridine rings is 4. The fraction of sp³-hybridized carbons (Fsp3) is 0.160. The van der Waals surface area contributed by atoms with Crippen LogP contribution in [0.2, 0.25) is 10.0 Å². The number of hydrogen-bond donors (Lipinski definition) is 5. The Kier molecular flexibility index (Phi) is 17.9. The lowest BCUT2D eigenvalue weighted by Crippen LogP contribution is -2.37. The molecule has 2 aromatic carbocycles. The van der Waals surface area contributed by atoms with Crippen molar-refractivity contribution in [3.8, 4) is 22.4 Å². The molecule has 19 nitrogen and oxygen atoms in total. The Morgan fingerprint density at radius 2 is 1.18 bits per heavy atom. The number of morpholine rings is 2. The number of benzene rings is 2. The third kappa shape index (κ3) is 14.4. The first kappa shape index (κ1) is 51.0. The monoisotopic (exact) mass is 1030 g/mol. The van der Waals surface area contributed by atoms with Gasteiger partial charge in [-0.25, -0.2) is 30.0 Å². The minimum absolute atomic E-state index is 0.194. The van der Waals surface area contributed by atoms with Crippen LogP contribution >= 0.6 is 23.2 Å². The van der Waals surface area contributed by atoms with E-state index in [9.17, 15) is 13.6 Å². The second kappa shape index (κ2) is 25.7. The molecule has 372 valence electrons. The van der Waals surface area contributed by atoms with Gasteiger partial charge in [-0.05, 0) is 72.8 Å². The fourth-order valence-electron chi connectivity index (χ4n) is 7.10. The Hall–Kier alpha value is -8.34. The van der Waals surface area contributed by atoms with Gasteiger partial charge in [-0.1, -0.05) is 41.4 Å². The minimum Gasteiger partial charge on any atom is -0.378 e. The zero-order valence-electron chi connectivity index (χ0n) is 38.7. The van der Waals surface area contributed by atoms with Crippen LogP contribution in [0.15, 0.2) is 139 Å². The standard InChI is InChI=1S/C25H22ClFN8O.C17H12ClN3O.C8H12FN5O/c26-22-12-18(5-6-21(22)17-2-1-7-28-13-17)32-20-4-3-19(29-14-20)15-31-34-25-30-16-23(27)24(33-25)35-8-10-36-11-9-35;18-16-9-12(21-13-4-5-14(11-22)20-10-13)6-7-15(16)17-3-1-2-8-19-17;9-6-5-11-8(13-10)12-7(6)14-1-3-15-4-2-14/h1-7,12-16,32H,8-11H2,(H,30,33,34);1-11,21H;5H,1-4,10H2,(H,11,12,13)/b31-15+;;. The number of anilines is 8. The van der Waals surface area contributed by atoms with Crippen LogP contribution in [-0.4, -0.2) is 105 Å². The average molecular weight is 1030 g/mol. The summed E-state index contributed by atoms with van der Waals surface area (Å²) in [5, 5.41) is 11.8. The van der Waals surface area contributed by atoms with Gasteiger partial charge in [-0.2, -0.15) is 15.1 Å². The molecule has 2 fully saturated rings. The number of halogens is 4. The maximum atomic E-state index is 14.2. The van der Waals surface area contributed by atoms with Gasteiger partial charge >= 0.3 is 0 Å². The highest BCUT2D eigenvalue weighted by molar-refractivity contribution is 6.34. The van der Waals surface area contributed by atoms with E-state index in [0.29, 0.717) is 80.3 Å². The number of carbonyl (C=O) groups is 1. The van der Waals surface area contributed by atoms with Crippen LogP contribution < -0.4 is 37.1 Å². The first-order valence-electron chi connectivity index (χ1n) is 22.5. The highest BCUT2D eigenvalue weighted by Gasteiger charge is 2.19. The predicted octanol–water partition coefficient (Wildman–Crippen LogP) is 8.84. The van der Waals surface area contributed by atoms with E-state index < -0.39 is 11.6 Å². The largest absolute Gasteiger partial charge is 0.378 e. The first-order chi connectivity index (χ1) is 35.7. The number of carbonyl (C=O) groups excluding carboxylic acids is 1. The number of hydrogen-bond acceptors (Lipinski definition) is 19. The summed E-state index contributed by atoms with van der Waals surface area (Å²) in [5.74, 6) is 5.12. The van der Waals surface area contributed by atoms with Crippen LogP contribution in [0, 0.1) is 11.6 Å². The lowest BCUT2D eigenvalue weighted by Gasteiger charge is -2.27. The molecule has 73 heavy (non-hydrogen) atoms. The number of nitrogens with one attached hydrogen (secondary N) is 4. The van der Waals surface area contributed by atoms with E-state index in [1.54, 1.807) is 48.0 Å². The number of ether oxygens (including phenoxy) is 2. The molecule has 0 aliphatic carbocycles. The van der Waals surface area contributed by atoms with Crippen LogP contribution in [0.25, 0.3) is 22.4 Å². The highest BCUT2D eigenvalue weighted by Crippen LogP contribution is 2.32. The third-order valence-electron chi connectivity index (χ3n) is 10.7. The Morgan fingerprint density at radius 3 is 1.70 bits per heavy atom. The molecular formula is C50H46Cl2F2N16O3. The van der Waals surface area contributed by atoms with E-state index in [4.69, 9.17) is 38.5 Å². The number of aromatic nitrogens is 8. The summed E-state index contributed by atoms with van der Waals surface area (Å²) in [6, 6.07) is 28.1. The molecule has 2 aliphatic heterocycles. The Labute approximate surface area is 427 Å². The lowest BCUT2D eigenvalue weighted by molar-refractivity contribution is 0.111. The molecule has 8 aromatic rings. The molecule has 0 atom stereocenters. The third-order valence-corrected chi connectivity index (χ3v) is 11.3. The average Bonchev–Trinajstić information content (AvgIpc) is 3.43. The summed E-state index contributed by atoms with van der Waals surface area (Å²) in [5.41, 5.74) is 12.9. The van der Waals surface area contributed by atoms with Crippen molar-refractivity contribution in [2.24, 2.45) is 10.9 Å². The molecule has 0 unspecified atom stereocenters.